The van der Waals surface area contributed by atoms with E-state index in [-0.39, 0.29) is 41.6 Å². The molecule has 1 saturated heterocycles. The van der Waals surface area contributed by atoms with Crippen LogP contribution in [0.15, 0.2) is 0 Å². The second-order valence-electron chi connectivity index (χ2n) is 10.2. The second kappa shape index (κ2) is 6.15. The Bertz CT molecular complexity index is 539. The van der Waals surface area contributed by atoms with Crippen LogP contribution in [0.3, 0.4) is 0 Å². The highest BCUT2D eigenvalue weighted by Crippen LogP contribution is 2.48. The quantitative estimate of drug-likeness (QED) is 0.610. The van der Waals surface area contributed by atoms with Crippen molar-refractivity contribution < 1.29 is 19.1 Å². The highest BCUT2D eigenvalue weighted by molar-refractivity contribution is 5.80. The van der Waals surface area contributed by atoms with Gasteiger partial charge in [0.05, 0.1) is 18.0 Å². The number of hydrogen-bond acceptors (Lipinski definition) is 5. The van der Waals surface area contributed by atoms with Crippen LogP contribution >= 0.6 is 0 Å². The van der Waals surface area contributed by atoms with Gasteiger partial charge in [0.1, 0.15) is 11.2 Å². The van der Waals surface area contributed by atoms with Gasteiger partial charge < -0.3 is 14.8 Å². The van der Waals surface area contributed by atoms with Crippen LogP contribution in [0.4, 0.5) is 4.79 Å². The summed E-state index contributed by atoms with van der Waals surface area (Å²) in [7, 11) is 0. The van der Waals surface area contributed by atoms with Gasteiger partial charge in [0, 0.05) is 11.6 Å². The number of amides is 1. The van der Waals surface area contributed by atoms with Crippen molar-refractivity contribution in [1.29, 1.82) is 0 Å². The monoisotopic (exact) mass is 354 g/mol. The molecule has 144 valence electrons. The smallest absolute Gasteiger partial charge is 0.411 e. The highest BCUT2D eigenvalue weighted by Gasteiger charge is 2.67. The molecule has 4 unspecified atom stereocenters. The topological polar surface area (TPSA) is 67.6 Å². The molecule has 0 spiro atoms. The summed E-state index contributed by atoms with van der Waals surface area (Å²) in [6.45, 7) is 17.4. The fourth-order valence-electron chi connectivity index (χ4n) is 3.56. The zero-order chi connectivity index (χ0) is 19.4. The second-order valence-corrected chi connectivity index (χ2v) is 10.2. The number of fused-ring (bicyclic) bond motifs is 1. The Morgan fingerprint density at radius 1 is 0.880 bits per heavy atom. The van der Waals surface area contributed by atoms with Gasteiger partial charge in [-0.15, -0.1) is 0 Å². The standard InChI is InChI=1S/C19H34N2O4/c1-17(2,3)20-12-10-11(15(22)24-18(4,5)6)13-14(12)21(13)16(23)25-19(7,8)9/h11-14,20H,10H2,1-9H3. The van der Waals surface area contributed by atoms with Crippen LogP contribution in [-0.4, -0.2) is 51.8 Å². The number of piperidine rings is 1. The van der Waals surface area contributed by atoms with Crippen molar-refractivity contribution in [3.63, 3.8) is 0 Å². The molecular weight excluding hydrogens is 320 g/mol. The van der Waals surface area contributed by atoms with Gasteiger partial charge >= 0.3 is 12.1 Å². The first-order chi connectivity index (χ1) is 11.1. The van der Waals surface area contributed by atoms with Crippen LogP contribution in [0, 0.1) is 5.92 Å². The average Bonchev–Trinajstić information content (AvgIpc) is 2.94. The number of likely N-dealkylation sites (tertiary alicyclic amines) is 1. The lowest BCUT2D eigenvalue weighted by Gasteiger charge is -2.30. The lowest BCUT2D eigenvalue weighted by atomic mass is 10.0. The first-order valence-electron chi connectivity index (χ1n) is 9.11. The maximum Gasteiger partial charge on any atom is 0.411 e. The van der Waals surface area contributed by atoms with Gasteiger partial charge in [-0.3, -0.25) is 9.69 Å². The number of nitrogens with one attached hydrogen (secondary N) is 1. The maximum absolute atomic E-state index is 12.6. The molecule has 1 amide bonds. The van der Waals surface area contributed by atoms with E-state index in [0.717, 1.165) is 0 Å². The Labute approximate surface area is 151 Å². The Morgan fingerprint density at radius 2 is 1.40 bits per heavy atom. The summed E-state index contributed by atoms with van der Waals surface area (Å²) in [5, 5.41) is 3.55. The summed E-state index contributed by atoms with van der Waals surface area (Å²) in [5.41, 5.74) is -1.18. The van der Waals surface area contributed by atoms with Crippen LogP contribution < -0.4 is 5.32 Å². The third kappa shape index (κ3) is 5.09. The van der Waals surface area contributed by atoms with Gasteiger partial charge in [-0.05, 0) is 68.7 Å². The number of ether oxygens (including phenoxy) is 2. The molecule has 2 rings (SSSR count). The van der Waals surface area contributed by atoms with E-state index in [0.29, 0.717) is 6.42 Å². The molecule has 6 nitrogen and oxygen atoms in total. The van der Waals surface area contributed by atoms with Crippen molar-refractivity contribution in [2.75, 3.05) is 0 Å². The van der Waals surface area contributed by atoms with Gasteiger partial charge in [0.25, 0.3) is 0 Å². The van der Waals surface area contributed by atoms with E-state index >= 15 is 0 Å². The molecular formula is C19H34N2O4. The Morgan fingerprint density at radius 3 is 1.84 bits per heavy atom. The molecule has 0 aromatic rings. The first-order valence-corrected chi connectivity index (χ1v) is 9.11. The third-order valence-electron chi connectivity index (χ3n) is 4.17. The van der Waals surface area contributed by atoms with Crippen molar-refractivity contribution in [2.45, 2.75) is 104 Å². The van der Waals surface area contributed by atoms with E-state index in [1.165, 1.54) is 0 Å². The van der Waals surface area contributed by atoms with E-state index in [1.54, 1.807) is 4.90 Å². The summed E-state index contributed by atoms with van der Waals surface area (Å²) in [4.78, 5) is 26.9. The average molecular weight is 354 g/mol. The normalized spacial score (nSPS) is 29.2. The van der Waals surface area contributed by atoms with E-state index in [9.17, 15) is 9.59 Å². The summed E-state index contributed by atoms with van der Waals surface area (Å²) in [6, 6.07) is -0.0776. The minimum Gasteiger partial charge on any atom is -0.460 e. The van der Waals surface area contributed by atoms with Gasteiger partial charge in [-0.1, -0.05) is 0 Å². The summed E-state index contributed by atoms with van der Waals surface area (Å²) in [5.74, 6) is -0.539. The van der Waals surface area contributed by atoms with Gasteiger partial charge in [0.15, 0.2) is 0 Å². The first kappa shape index (κ1) is 20.0. The van der Waals surface area contributed by atoms with Gasteiger partial charge in [0.2, 0.25) is 0 Å². The molecule has 1 heterocycles. The number of nitrogens with zero attached hydrogens (tertiary/aromatic N) is 1. The van der Waals surface area contributed by atoms with Gasteiger partial charge in [-0.2, -0.15) is 0 Å². The van der Waals surface area contributed by atoms with Crippen molar-refractivity contribution in [2.24, 2.45) is 5.92 Å². The minimum absolute atomic E-state index is 0.00778. The van der Waals surface area contributed by atoms with Crippen LogP contribution in [0.25, 0.3) is 0 Å². The molecule has 1 aliphatic heterocycles. The highest BCUT2D eigenvalue weighted by atomic mass is 16.6. The Kier molecular flexibility index (Phi) is 4.92. The van der Waals surface area contributed by atoms with Crippen LogP contribution in [0.2, 0.25) is 0 Å². The number of esters is 1. The minimum atomic E-state index is -0.553. The molecule has 0 radical (unpaired) electrons. The number of hydrogen-bond donors (Lipinski definition) is 1. The van der Waals surface area contributed by atoms with Crippen molar-refractivity contribution in [3.8, 4) is 0 Å². The maximum atomic E-state index is 12.6. The zero-order valence-corrected chi connectivity index (χ0v) is 17.1. The summed E-state index contributed by atoms with van der Waals surface area (Å²) in [6.07, 6.45) is 0.331. The van der Waals surface area contributed by atoms with E-state index in [4.69, 9.17) is 9.47 Å². The predicted octanol–water partition coefficient (Wildman–Crippen LogP) is 3.09. The molecule has 6 heteroatoms. The molecule has 0 aromatic carbocycles. The van der Waals surface area contributed by atoms with Crippen LogP contribution in [-0.2, 0) is 14.3 Å². The van der Waals surface area contributed by atoms with E-state index < -0.39 is 11.2 Å². The Hall–Kier alpha value is -1.30. The lowest BCUT2D eigenvalue weighted by molar-refractivity contribution is -0.160. The third-order valence-corrected chi connectivity index (χ3v) is 4.17. The van der Waals surface area contributed by atoms with E-state index in [2.05, 4.69) is 26.1 Å². The number of carbonyl (C=O) groups excluding carboxylic acids is 2. The zero-order valence-electron chi connectivity index (χ0n) is 17.1. The predicted molar refractivity (Wildman–Crippen MR) is 96.3 cm³/mol. The van der Waals surface area contributed by atoms with Crippen molar-refractivity contribution >= 4 is 12.1 Å². The number of rotatable bonds is 2. The van der Waals surface area contributed by atoms with Crippen LogP contribution in [0.5, 0.6) is 0 Å². The molecule has 0 bridgehead atoms. The largest absolute Gasteiger partial charge is 0.460 e. The molecule has 1 aliphatic carbocycles. The lowest BCUT2D eigenvalue weighted by Crippen LogP contribution is -2.48. The fraction of sp³-hybridized carbons (Fsp3) is 0.895. The molecule has 1 saturated carbocycles. The van der Waals surface area contributed by atoms with Crippen molar-refractivity contribution in [3.05, 3.63) is 0 Å². The molecule has 0 aromatic heterocycles. The summed E-state index contributed by atoms with van der Waals surface area (Å²) >= 11 is 0. The molecule has 2 fully saturated rings. The SMILES string of the molecule is CC(C)(C)NC1CC(C(=O)OC(C)(C)C)C2C1N2C(=O)OC(C)(C)C. The van der Waals surface area contributed by atoms with E-state index in [1.807, 2.05) is 41.5 Å². The summed E-state index contributed by atoms with van der Waals surface area (Å²) < 4.78 is 11.1. The van der Waals surface area contributed by atoms with Crippen LogP contribution in [0.1, 0.15) is 68.7 Å². The molecule has 1 N–H and O–H groups in total. The van der Waals surface area contributed by atoms with Crippen molar-refractivity contribution in [1.82, 2.24) is 10.2 Å². The Balaban J connectivity index is 2.15. The molecule has 2 aliphatic rings. The fourth-order valence-corrected chi connectivity index (χ4v) is 3.56. The number of carbonyl (C=O) groups is 2. The molecule has 25 heavy (non-hydrogen) atoms. The molecule has 4 atom stereocenters. The van der Waals surface area contributed by atoms with Gasteiger partial charge in [-0.25, -0.2) is 4.79 Å².